The van der Waals surface area contributed by atoms with Crippen LogP contribution in [0.15, 0.2) is 18.2 Å². The lowest BCUT2D eigenvalue weighted by Gasteiger charge is -2.31. The number of methoxy groups -OCH3 is 1. The highest BCUT2D eigenvalue weighted by Crippen LogP contribution is 2.32. The number of likely N-dealkylation sites (tertiary alicyclic amines) is 1. The number of nitrogens with two attached hydrogens (primary N) is 1. The molecule has 0 saturated carbocycles. The summed E-state index contributed by atoms with van der Waals surface area (Å²) in [6, 6.07) is 6.81. The Morgan fingerprint density at radius 3 is 2.83 bits per heavy atom. The van der Waals surface area contributed by atoms with E-state index >= 15 is 0 Å². The first-order valence-electron chi connectivity index (χ1n) is 6.46. The summed E-state index contributed by atoms with van der Waals surface area (Å²) in [7, 11) is 1.63. The summed E-state index contributed by atoms with van der Waals surface area (Å²) >= 11 is 6.19. The number of halogens is 1. The van der Waals surface area contributed by atoms with Crippen LogP contribution in [0.2, 0.25) is 5.02 Å². The molecule has 1 heterocycles. The van der Waals surface area contributed by atoms with Crippen molar-refractivity contribution in [1.29, 1.82) is 0 Å². The van der Waals surface area contributed by atoms with Crippen molar-refractivity contribution in [2.24, 2.45) is 5.73 Å². The van der Waals surface area contributed by atoms with Crippen LogP contribution in [0.25, 0.3) is 0 Å². The molecular formula is C14H21ClN2O. The molecule has 1 aromatic rings. The van der Waals surface area contributed by atoms with E-state index in [1.54, 1.807) is 7.11 Å². The maximum atomic E-state index is 6.19. The van der Waals surface area contributed by atoms with Gasteiger partial charge in [0.1, 0.15) is 5.75 Å². The molecule has 1 aliphatic rings. The van der Waals surface area contributed by atoms with E-state index in [2.05, 4.69) is 17.9 Å². The van der Waals surface area contributed by atoms with Gasteiger partial charge in [-0.05, 0) is 44.0 Å². The van der Waals surface area contributed by atoms with E-state index in [0.29, 0.717) is 23.4 Å². The molecule has 18 heavy (non-hydrogen) atoms. The Bertz CT molecular complexity index is 411. The monoisotopic (exact) mass is 268 g/mol. The van der Waals surface area contributed by atoms with E-state index in [1.807, 2.05) is 12.1 Å². The molecule has 0 radical (unpaired) electrons. The highest BCUT2D eigenvalue weighted by molar-refractivity contribution is 6.32. The van der Waals surface area contributed by atoms with Gasteiger partial charge >= 0.3 is 0 Å². The van der Waals surface area contributed by atoms with E-state index in [4.69, 9.17) is 22.1 Å². The minimum absolute atomic E-state index is 0.255. The van der Waals surface area contributed by atoms with Crippen molar-refractivity contribution in [3.8, 4) is 5.75 Å². The number of rotatable bonds is 4. The largest absolute Gasteiger partial charge is 0.495 e. The van der Waals surface area contributed by atoms with Gasteiger partial charge in [0, 0.05) is 18.6 Å². The lowest BCUT2D eigenvalue weighted by atomic mass is 10.0. The van der Waals surface area contributed by atoms with Gasteiger partial charge in [-0.15, -0.1) is 0 Å². The molecule has 2 rings (SSSR count). The molecule has 0 aromatic heterocycles. The van der Waals surface area contributed by atoms with Gasteiger partial charge in [-0.3, -0.25) is 4.90 Å². The molecule has 3 nitrogen and oxygen atoms in total. The fourth-order valence-corrected chi connectivity index (χ4v) is 3.04. The summed E-state index contributed by atoms with van der Waals surface area (Å²) in [6.07, 6.45) is 2.50. The van der Waals surface area contributed by atoms with Gasteiger partial charge < -0.3 is 10.5 Å². The normalized spacial score (nSPS) is 22.1. The third kappa shape index (κ3) is 2.63. The van der Waals surface area contributed by atoms with Gasteiger partial charge in [0.05, 0.1) is 12.1 Å². The van der Waals surface area contributed by atoms with Gasteiger partial charge in [0.15, 0.2) is 0 Å². The second-order valence-corrected chi connectivity index (χ2v) is 5.28. The standard InChI is InChI=1S/C14H21ClN2O/c1-10-4-3-7-17(10)13(9-16)11-5-6-14(18-2)12(15)8-11/h5-6,8,10,13H,3-4,7,9,16H2,1-2H3. The van der Waals surface area contributed by atoms with Crippen LogP contribution in [-0.4, -0.2) is 31.1 Å². The fraction of sp³-hybridized carbons (Fsp3) is 0.571. The van der Waals surface area contributed by atoms with E-state index in [9.17, 15) is 0 Å². The van der Waals surface area contributed by atoms with E-state index in [0.717, 1.165) is 6.54 Å². The third-order valence-corrected chi connectivity index (χ3v) is 4.08. The van der Waals surface area contributed by atoms with Crippen LogP contribution in [0.3, 0.4) is 0 Å². The molecular weight excluding hydrogens is 248 g/mol. The molecule has 0 bridgehead atoms. The van der Waals surface area contributed by atoms with Gasteiger partial charge in [0.2, 0.25) is 0 Å². The number of nitrogens with zero attached hydrogens (tertiary/aromatic N) is 1. The Hall–Kier alpha value is -0.770. The molecule has 2 unspecified atom stereocenters. The molecule has 4 heteroatoms. The minimum atomic E-state index is 0.255. The summed E-state index contributed by atoms with van der Waals surface area (Å²) in [4.78, 5) is 2.47. The summed E-state index contributed by atoms with van der Waals surface area (Å²) in [5.41, 5.74) is 7.13. The smallest absolute Gasteiger partial charge is 0.137 e. The molecule has 1 fully saturated rings. The van der Waals surface area contributed by atoms with Crippen molar-refractivity contribution in [2.45, 2.75) is 31.8 Å². The second kappa shape index (κ2) is 5.91. The van der Waals surface area contributed by atoms with E-state index in [-0.39, 0.29) is 6.04 Å². The number of hydrogen-bond donors (Lipinski definition) is 1. The maximum absolute atomic E-state index is 6.19. The predicted molar refractivity (Wildman–Crippen MR) is 75.2 cm³/mol. The Morgan fingerprint density at radius 2 is 2.33 bits per heavy atom. The van der Waals surface area contributed by atoms with Crippen molar-refractivity contribution in [3.63, 3.8) is 0 Å². The molecule has 1 aliphatic heterocycles. The highest BCUT2D eigenvalue weighted by atomic mass is 35.5. The van der Waals surface area contributed by atoms with Gasteiger partial charge in [-0.1, -0.05) is 17.7 Å². The molecule has 0 aliphatic carbocycles. The minimum Gasteiger partial charge on any atom is -0.495 e. The van der Waals surface area contributed by atoms with Crippen molar-refractivity contribution in [1.82, 2.24) is 4.90 Å². The first kappa shape index (κ1) is 13.7. The van der Waals surface area contributed by atoms with Gasteiger partial charge in [-0.2, -0.15) is 0 Å². The highest BCUT2D eigenvalue weighted by Gasteiger charge is 2.28. The topological polar surface area (TPSA) is 38.5 Å². The Labute approximate surface area is 114 Å². The van der Waals surface area contributed by atoms with E-state index < -0.39 is 0 Å². The van der Waals surface area contributed by atoms with Crippen molar-refractivity contribution in [2.75, 3.05) is 20.2 Å². The zero-order chi connectivity index (χ0) is 13.1. The summed E-state index contributed by atoms with van der Waals surface area (Å²) in [5.74, 6) is 0.714. The van der Waals surface area contributed by atoms with Crippen LogP contribution in [0.5, 0.6) is 5.75 Å². The van der Waals surface area contributed by atoms with Crippen LogP contribution in [-0.2, 0) is 0 Å². The van der Waals surface area contributed by atoms with Gasteiger partial charge in [0.25, 0.3) is 0 Å². The summed E-state index contributed by atoms with van der Waals surface area (Å²) in [6.45, 7) is 4.00. The quantitative estimate of drug-likeness (QED) is 0.913. The maximum Gasteiger partial charge on any atom is 0.137 e. The first-order chi connectivity index (χ1) is 8.67. The Kier molecular flexibility index (Phi) is 4.49. The Morgan fingerprint density at radius 1 is 1.56 bits per heavy atom. The summed E-state index contributed by atoms with van der Waals surface area (Å²) in [5, 5.41) is 0.653. The molecule has 2 atom stereocenters. The Balaban J connectivity index is 2.24. The number of hydrogen-bond acceptors (Lipinski definition) is 3. The SMILES string of the molecule is COc1ccc(C(CN)N2CCCC2C)cc1Cl. The summed E-state index contributed by atoms with van der Waals surface area (Å²) < 4.78 is 5.18. The first-order valence-corrected chi connectivity index (χ1v) is 6.84. The lowest BCUT2D eigenvalue weighted by Crippen LogP contribution is -2.35. The van der Waals surface area contributed by atoms with Crippen molar-refractivity contribution in [3.05, 3.63) is 28.8 Å². The van der Waals surface area contributed by atoms with E-state index in [1.165, 1.54) is 18.4 Å². The number of benzene rings is 1. The van der Waals surface area contributed by atoms with Crippen LogP contribution in [0.1, 0.15) is 31.4 Å². The predicted octanol–water partition coefficient (Wildman–Crippen LogP) is 2.83. The van der Waals surface area contributed by atoms with Crippen molar-refractivity contribution >= 4 is 11.6 Å². The second-order valence-electron chi connectivity index (χ2n) is 4.87. The molecule has 100 valence electrons. The van der Waals surface area contributed by atoms with Gasteiger partial charge in [-0.25, -0.2) is 0 Å². The number of ether oxygens (including phenoxy) is 1. The molecule has 1 aromatic carbocycles. The molecule has 0 spiro atoms. The lowest BCUT2D eigenvalue weighted by molar-refractivity contribution is 0.195. The molecule has 0 amide bonds. The average Bonchev–Trinajstić information content (AvgIpc) is 2.77. The average molecular weight is 269 g/mol. The van der Waals surface area contributed by atoms with Crippen LogP contribution in [0, 0.1) is 0 Å². The van der Waals surface area contributed by atoms with Crippen LogP contribution < -0.4 is 10.5 Å². The molecule has 2 N–H and O–H groups in total. The third-order valence-electron chi connectivity index (χ3n) is 3.79. The zero-order valence-electron chi connectivity index (χ0n) is 11.0. The van der Waals surface area contributed by atoms with Crippen LogP contribution in [0.4, 0.5) is 0 Å². The molecule has 1 saturated heterocycles. The zero-order valence-corrected chi connectivity index (χ0v) is 11.8. The fourth-order valence-electron chi connectivity index (χ4n) is 2.77. The van der Waals surface area contributed by atoms with Crippen molar-refractivity contribution < 1.29 is 4.74 Å². The van der Waals surface area contributed by atoms with Crippen LogP contribution >= 0.6 is 11.6 Å².